The zero-order valence-electron chi connectivity index (χ0n) is 6.81. The molecule has 14 heavy (non-hydrogen) atoms. The maximum atomic E-state index is 12.4. The Bertz CT molecular complexity index is 359. The Kier molecular flexibility index (Phi) is 4.18. The van der Waals surface area contributed by atoms with Crippen LogP contribution in [0.4, 0.5) is 8.78 Å². The zero-order chi connectivity index (χ0) is 10.7. The molecule has 6 heteroatoms. The van der Waals surface area contributed by atoms with Gasteiger partial charge in [0.2, 0.25) is 0 Å². The summed E-state index contributed by atoms with van der Waals surface area (Å²) in [4.78, 5) is 14.1. The lowest BCUT2D eigenvalue weighted by Gasteiger charge is -2.06. The summed E-state index contributed by atoms with van der Waals surface area (Å²) in [5.41, 5.74) is -0.00639. The number of aromatic nitrogens is 1. The summed E-state index contributed by atoms with van der Waals surface area (Å²) in [7, 11) is 0. The van der Waals surface area contributed by atoms with Crippen molar-refractivity contribution in [3.63, 3.8) is 0 Å². The predicted octanol–water partition coefficient (Wildman–Crippen LogP) is 3.18. The second-order valence-corrected chi connectivity index (χ2v) is 3.75. The van der Waals surface area contributed by atoms with Gasteiger partial charge in [0.1, 0.15) is 9.39 Å². The fraction of sp³-hybridized carbons (Fsp3) is 0.250. The summed E-state index contributed by atoms with van der Waals surface area (Å²) in [6, 6.07) is 1.34. The van der Waals surface area contributed by atoms with Crippen molar-refractivity contribution in [3.8, 4) is 0 Å². The van der Waals surface area contributed by atoms with Crippen LogP contribution in [-0.2, 0) is 5.88 Å². The van der Waals surface area contributed by atoms with Crippen molar-refractivity contribution in [1.29, 1.82) is 0 Å². The van der Waals surface area contributed by atoms with Crippen LogP contribution in [0.5, 0.6) is 0 Å². The molecule has 76 valence electrons. The first-order valence-electron chi connectivity index (χ1n) is 3.58. The summed E-state index contributed by atoms with van der Waals surface area (Å²) < 4.78 is 25.1. The molecule has 0 spiro atoms. The van der Waals surface area contributed by atoms with E-state index in [0.717, 1.165) is 0 Å². The number of alkyl halides is 3. The fourth-order valence-electron chi connectivity index (χ4n) is 0.926. The molecule has 0 aromatic carbocycles. The van der Waals surface area contributed by atoms with E-state index in [-0.39, 0.29) is 11.4 Å². The van der Waals surface area contributed by atoms with Crippen LogP contribution in [0.15, 0.2) is 6.07 Å². The number of pyridine rings is 1. The maximum absolute atomic E-state index is 12.4. The van der Waals surface area contributed by atoms with Crippen LogP contribution in [0.2, 0.25) is 0 Å². The smallest absolute Gasteiger partial charge is 0.281 e. The average molecular weight is 331 g/mol. The Morgan fingerprint density at radius 3 is 2.71 bits per heavy atom. The first-order chi connectivity index (χ1) is 6.60. The van der Waals surface area contributed by atoms with Crippen LogP contribution in [-0.4, -0.2) is 11.3 Å². The van der Waals surface area contributed by atoms with Crippen LogP contribution in [0, 0.1) is 3.70 Å². The topological polar surface area (TPSA) is 30.0 Å². The molecule has 0 amide bonds. The van der Waals surface area contributed by atoms with Crippen molar-refractivity contribution in [1.82, 2.24) is 4.98 Å². The monoisotopic (exact) mass is 331 g/mol. The van der Waals surface area contributed by atoms with E-state index in [1.165, 1.54) is 6.07 Å². The molecular weight excluding hydrogens is 326 g/mol. The lowest BCUT2D eigenvalue weighted by Crippen LogP contribution is -2.02. The van der Waals surface area contributed by atoms with E-state index in [1.54, 1.807) is 0 Å². The number of halogens is 4. The van der Waals surface area contributed by atoms with E-state index in [2.05, 4.69) is 4.98 Å². The van der Waals surface area contributed by atoms with E-state index in [9.17, 15) is 13.6 Å². The van der Waals surface area contributed by atoms with Gasteiger partial charge in [0.25, 0.3) is 6.43 Å². The van der Waals surface area contributed by atoms with Gasteiger partial charge in [-0.05, 0) is 34.2 Å². The van der Waals surface area contributed by atoms with Crippen molar-refractivity contribution in [2.75, 3.05) is 0 Å². The van der Waals surface area contributed by atoms with Crippen LogP contribution in [0.3, 0.4) is 0 Å². The maximum Gasteiger partial charge on any atom is 0.281 e. The molecule has 0 aliphatic carbocycles. The number of hydrogen-bond acceptors (Lipinski definition) is 2. The van der Waals surface area contributed by atoms with E-state index >= 15 is 0 Å². The second kappa shape index (κ2) is 4.97. The summed E-state index contributed by atoms with van der Waals surface area (Å²) in [5.74, 6) is 0.148. The average Bonchev–Trinajstić information content (AvgIpc) is 2.17. The molecule has 0 fully saturated rings. The molecule has 0 aliphatic heterocycles. The number of hydrogen-bond donors (Lipinski definition) is 0. The highest BCUT2D eigenvalue weighted by Crippen LogP contribution is 2.23. The van der Waals surface area contributed by atoms with Crippen molar-refractivity contribution < 1.29 is 13.6 Å². The Hall–Kier alpha value is -0.300. The van der Waals surface area contributed by atoms with E-state index < -0.39 is 12.1 Å². The molecule has 0 aliphatic rings. The molecule has 0 atom stereocenters. The molecule has 2 nitrogen and oxygen atoms in total. The molecule has 0 unspecified atom stereocenters. The van der Waals surface area contributed by atoms with E-state index in [0.29, 0.717) is 15.6 Å². The third-order valence-corrected chi connectivity index (χ3v) is 2.81. The van der Waals surface area contributed by atoms with Crippen molar-refractivity contribution in [3.05, 3.63) is 26.6 Å². The first kappa shape index (κ1) is 11.8. The van der Waals surface area contributed by atoms with Gasteiger partial charge in [-0.25, -0.2) is 13.8 Å². The largest absolute Gasteiger partial charge is 0.298 e. The third kappa shape index (κ3) is 2.38. The molecule has 0 bridgehead atoms. The van der Waals surface area contributed by atoms with Crippen LogP contribution in [0.1, 0.15) is 28.0 Å². The minimum Gasteiger partial charge on any atom is -0.298 e. The number of nitrogens with zero attached hydrogens (tertiary/aromatic N) is 1. The van der Waals surface area contributed by atoms with Crippen LogP contribution < -0.4 is 0 Å². The van der Waals surface area contributed by atoms with Gasteiger partial charge in [-0.1, -0.05) is 0 Å². The van der Waals surface area contributed by atoms with Gasteiger partial charge in [-0.2, -0.15) is 0 Å². The highest BCUT2D eigenvalue weighted by molar-refractivity contribution is 14.1. The van der Waals surface area contributed by atoms with Crippen LogP contribution >= 0.6 is 34.2 Å². The van der Waals surface area contributed by atoms with Gasteiger partial charge in [0.15, 0.2) is 6.29 Å². The SMILES string of the molecule is O=Cc1cc(CCl)c(I)nc1C(F)F. The minimum absolute atomic E-state index is 0.101. The quantitative estimate of drug-likeness (QED) is 0.368. The standard InChI is InChI=1S/C8H5ClF2INO/c9-2-4-1-5(3-14)6(7(10)11)13-8(4)12/h1,3,7H,2H2. The number of rotatable bonds is 3. The van der Waals surface area contributed by atoms with Crippen molar-refractivity contribution in [2.45, 2.75) is 12.3 Å². The Morgan fingerprint density at radius 1 is 1.64 bits per heavy atom. The molecule has 0 saturated carbocycles. The molecule has 0 radical (unpaired) electrons. The number of carbonyl (C=O) groups excluding carboxylic acids is 1. The zero-order valence-corrected chi connectivity index (χ0v) is 9.72. The highest BCUT2D eigenvalue weighted by atomic mass is 127. The normalized spacial score (nSPS) is 10.6. The highest BCUT2D eigenvalue weighted by Gasteiger charge is 2.17. The third-order valence-electron chi connectivity index (χ3n) is 1.59. The van der Waals surface area contributed by atoms with Gasteiger partial charge in [-0.3, -0.25) is 4.79 Å². The second-order valence-electron chi connectivity index (χ2n) is 2.46. The summed E-state index contributed by atoms with van der Waals surface area (Å²) in [5, 5.41) is 0. The van der Waals surface area contributed by atoms with Crippen molar-refractivity contribution in [2.24, 2.45) is 0 Å². The van der Waals surface area contributed by atoms with Crippen molar-refractivity contribution >= 4 is 40.5 Å². The molecule has 1 heterocycles. The van der Waals surface area contributed by atoms with E-state index in [1.807, 2.05) is 22.6 Å². The number of carbonyl (C=O) groups is 1. The lowest BCUT2D eigenvalue weighted by molar-refractivity contribution is 0.110. The van der Waals surface area contributed by atoms with Crippen LogP contribution in [0.25, 0.3) is 0 Å². The lowest BCUT2D eigenvalue weighted by atomic mass is 10.1. The van der Waals surface area contributed by atoms with Gasteiger partial charge >= 0.3 is 0 Å². The predicted molar refractivity (Wildman–Crippen MR) is 56.9 cm³/mol. The van der Waals surface area contributed by atoms with Gasteiger partial charge in [0, 0.05) is 11.4 Å². The Labute approximate surface area is 97.8 Å². The van der Waals surface area contributed by atoms with Gasteiger partial charge < -0.3 is 0 Å². The minimum atomic E-state index is -2.74. The fourth-order valence-corrected chi connectivity index (χ4v) is 1.96. The van der Waals surface area contributed by atoms with E-state index in [4.69, 9.17) is 11.6 Å². The molecule has 1 aromatic heterocycles. The summed E-state index contributed by atoms with van der Waals surface area (Å²) in [6.45, 7) is 0. The molecule has 0 saturated heterocycles. The molecule has 1 aromatic rings. The first-order valence-corrected chi connectivity index (χ1v) is 5.20. The Morgan fingerprint density at radius 2 is 2.29 bits per heavy atom. The number of aldehydes is 1. The Balaban J connectivity index is 3.31. The van der Waals surface area contributed by atoms with Gasteiger partial charge in [0.05, 0.1) is 0 Å². The molecule has 0 N–H and O–H groups in total. The van der Waals surface area contributed by atoms with Gasteiger partial charge in [-0.15, -0.1) is 11.6 Å². The molecule has 1 rings (SSSR count). The summed E-state index contributed by atoms with van der Waals surface area (Å²) >= 11 is 7.35. The summed E-state index contributed by atoms with van der Waals surface area (Å²) in [6.07, 6.45) is -2.38. The molecular formula is C8H5ClF2INO.